The molecule has 0 aromatic heterocycles. The fourth-order valence-corrected chi connectivity index (χ4v) is 1.00. The topological polar surface area (TPSA) is 37.3 Å². The van der Waals surface area contributed by atoms with Gasteiger partial charge in [0.1, 0.15) is 0 Å². The van der Waals surface area contributed by atoms with Crippen LogP contribution >= 0.6 is 0 Å². The molecule has 0 aliphatic heterocycles. The van der Waals surface area contributed by atoms with E-state index in [4.69, 9.17) is 5.11 Å². The lowest BCUT2D eigenvalue weighted by Gasteiger charge is -2.39. The Balaban J connectivity index is 6.29. The third-order valence-electron chi connectivity index (χ3n) is 2.53. The van der Waals surface area contributed by atoms with Crippen molar-refractivity contribution < 1.29 is 62.6 Å². The smallest absolute Gasteiger partial charge is 0.460 e. The monoisotopic (exact) mass is 360 g/mol. The molecule has 0 aliphatic rings. The van der Waals surface area contributed by atoms with E-state index in [0.29, 0.717) is 0 Å². The van der Waals surface area contributed by atoms with Gasteiger partial charge in [-0.05, 0) is 6.92 Å². The van der Waals surface area contributed by atoms with E-state index in [1.807, 2.05) is 0 Å². The van der Waals surface area contributed by atoms with Gasteiger partial charge in [-0.1, -0.05) is 0 Å². The third kappa shape index (κ3) is 2.35. The van der Waals surface area contributed by atoms with Gasteiger partial charge < -0.3 is 5.11 Å². The Hall–Kier alpha value is -1.37. The minimum Gasteiger partial charge on any atom is -0.479 e. The minimum absolute atomic E-state index is 0.898. The molecule has 0 saturated heterocycles. The zero-order valence-corrected chi connectivity index (χ0v) is 9.89. The van der Waals surface area contributed by atoms with Crippen LogP contribution in [0.2, 0.25) is 0 Å². The highest BCUT2D eigenvalue weighted by atomic mass is 19.4. The lowest BCUT2D eigenvalue weighted by atomic mass is 9.88. The van der Waals surface area contributed by atoms with Gasteiger partial charge in [0, 0.05) is 0 Å². The molecule has 0 heterocycles. The summed E-state index contributed by atoms with van der Waals surface area (Å²) < 4.78 is 150. The summed E-state index contributed by atoms with van der Waals surface area (Å²) in [7, 11) is 0. The van der Waals surface area contributed by atoms with E-state index in [1.165, 1.54) is 0 Å². The summed E-state index contributed by atoms with van der Waals surface area (Å²) in [5, 5.41) is 7.93. The number of halogens is 12. The highest BCUT2D eigenvalue weighted by Gasteiger charge is 2.90. The molecule has 0 rings (SSSR count). The number of aliphatic carboxylic acids is 1. The van der Waals surface area contributed by atoms with Crippen LogP contribution in [0.1, 0.15) is 6.92 Å². The van der Waals surface area contributed by atoms with E-state index < -0.39 is 48.4 Å². The standard InChI is InChI=1S/C8H4F12O2/c1-3(9,2(21)22)4(10,11)5(12,13)6(14,15)7(16,17)8(18,19)20/h1H3,(H,21,22). The Morgan fingerprint density at radius 1 is 0.636 bits per heavy atom. The molecular formula is C8H4F12O2. The predicted octanol–water partition coefficient (Wildman–Crippen LogP) is 3.90. The Morgan fingerprint density at radius 2 is 0.909 bits per heavy atom. The molecule has 1 unspecified atom stereocenters. The maximum atomic E-state index is 13.0. The molecule has 14 heteroatoms. The first-order chi connectivity index (χ1) is 9.19. The van der Waals surface area contributed by atoms with Crippen LogP contribution in [0.4, 0.5) is 52.7 Å². The summed E-state index contributed by atoms with van der Waals surface area (Å²) in [6.07, 6.45) is -7.40. The summed E-state index contributed by atoms with van der Waals surface area (Å²) in [6.45, 7) is -0.898. The van der Waals surface area contributed by atoms with Crippen LogP contribution in [0.15, 0.2) is 0 Å². The van der Waals surface area contributed by atoms with Crippen molar-refractivity contribution in [2.45, 2.75) is 42.5 Å². The average molecular weight is 360 g/mol. The van der Waals surface area contributed by atoms with Crippen molar-refractivity contribution >= 4 is 5.97 Å². The number of hydrogen-bond donors (Lipinski definition) is 1. The van der Waals surface area contributed by atoms with E-state index >= 15 is 0 Å². The van der Waals surface area contributed by atoms with Crippen LogP contribution in [0.25, 0.3) is 0 Å². The van der Waals surface area contributed by atoms with Crippen molar-refractivity contribution in [3.05, 3.63) is 0 Å². The number of hydrogen-bond acceptors (Lipinski definition) is 1. The Labute approximate surface area is 112 Å². The summed E-state index contributed by atoms with van der Waals surface area (Å²) in [4.78, 5) is 10.0. The van der Waals surface area contributed by atoms with Crippen LogP contribution in [0.5, 0.6) is 0 Å². The van der Waals surface area contributed by atoms with Crippen molar-refractivity contribution in [3.63, 3.8) is 0 Å². The molecule has 22 heavy (non-hydrogen) atoms. The van der Waals surface area contributed by atoms with Gasteiger partial charge >= 0.3 is 35.8 Å². The van der Waals surface area contributed by atoms with Crippen molar-refractivity contribution in [2.75, 3.05) is 0 Å². The van der Waals surface area contributed by atoms with Crippen molar-refractivity contribution in [3.8, 4) is 0 Å². The molecule has 0 aromatic carbocycles. The first kappa shape index (κ1) is 20.6. The maximum Gasteiger partial charge on any atom is 0.460 e. The zero-order valence-electron chi connectivity index (χ0n) is 9.89. The normalized spacial score (nSPS) is 18.0. The molecule has 0 radical (unpaired) electrons. The van der Waals surface area contributed by atoms with Gasteiger partial charge in [0.25, 0.3) is 5.67 Å². The lowest BCUT2D eigenvalue weighted by Crippen LogP contribution is -2.71. The van der Waals surface area contributed by atoms with E-state index in [2.05, 4.69) is 0 Å². The van der Waals surface area contributed by atoms with E-state index in [1.54, 1.807) is 0 Å². The molecule has 0 aliphatic carbocycles. The number of carbonyl (C=O) groups is 1. The lowest BCUT2D eigenvalue weighted by molar-refractivity contribution is -0.430. The van der Waals surface area contributed by atoms with Crippen LogP contribution < -0.4 is 0 Å². The molecule has 0 saturated carbocycles. The quantitative estimate of drug-likeness (QED) is 0.756. The van der Waals surface area contributed by atoms with Gasteiger partial charge in [0.2, 0.25) is 0 Å². The van der Waals surface area contributed by atoms with E-state index in [0.717, 1.165) is 0 Å². The number of rotatable bonds is 5. The number of carboxylic acids is 1. The second kappa shape index (κ2) is 4.81. The zero-order chi connectivity index (χ0) is 18.6. The van der Waals surface area contributed by atoms with Crippen LogP contribution in [-0.4, -0.2) is 46.6 Å². The van der Waals surface area contributed by atoms with E-state index in [-0.39, 0.29) is 0 Å². The maximum absolute atomic E-state index is 13.0. The van der Waals surface area contributed by atoms with Gasteiger partial charge in [0.15, 0.2) is 0 Å². The van der Waals surface area contributed by atoms with Gasteiger partial charge in [-0.15, -0.1) is 0 Å². The first-order valence-electron chi connectivity index (χ1n) is 4.70. The Kier molecular flexibility index (Phi) is 4.51. The van der Waals surface area contributed by atoms with Gasteiger partial charge in [-0.25, -0.2) is 9.18 Å². The predicted molar refractivity (Wildman–Crippen MR) is 43.0 cm³/mol. The molecule has 0 amide bonds. The molecule has 0 fully saturated rings. The van der Waals surface area contributed by atoms with Crippen molar-refractivity contribution in [1.29, 1.82) is 0 Å². The highest BCUT2D eigenvalue weighted by molar-refractivity contribution is 5.78. The third-order valence-corrected chi connectivity index (χ3v) is 2.53. The second-order valence-electron chi connectivity index (χ2n) is 4.10. The molecule has 1 N–H and O–H groups in total. The Bertz CT molecular complexity index is 449. The minimum atomic E-state index is -7.84. The highest BCUT2D eigenvalue weighted by Crippen LogP contribution is 2.59. The summed E-state index contributed by atoms with van der Waals surface area (Å²) in [6, 6.07) is 0. The fourth-order valence-electron chi connectivity index (χ4n) is 1.00. The molecule has 0 spiro atoms. The summed E-state index contributed by atoms with van der Waals surface area (Å²) in [5.74, 6) is -33.8. The largest absolute Gasteiger partial charge is 0.479 e. The number of alkyl halides is 12. The average Bonchev–Trinajstić information content (AvgIpc) is 2.25. The van der Waals surface area contributed by atoms with Crippen LogP contribution in [-0.2, 0) is 4.79 Å². The SMILES string of the molecule is CC(F)(C(=O)O)C(F)(F)C(F)(F)C(F)(F)C(F)(F)C(F)(F)F. The van der Waals surface area contributed by atoms with Gasteiger partial charge in [0.05, 0.1) is 0 Å². The molecule has 0 bridgehead atoms. The second-order valence-corrected chi connectivity index (χ2v) is 4.10. The summed E-state index contributed by atoms with van der Waals surface area (Å²) >= 11 is 0. The molecular weight excluding hydrogens is 356 g/mol. The Morgan fingerprint density at radius 3 is 1.14 bits per heavy atom. The van der Waals surface area contributed by atoms with Crippen LogP contribution in [0, 0.1) is 0 Å². The first-order valence-corrected chi connectivity index (χ1v) is 4.70. The number of carboxylic acid groups (broad SMARTS) is 1. The molecule has 1 atom stereocenters. The molecule has 2 nitrogen and oxygen atoms in total. The molecule has 132 valence electrons. The van der Waals surface area contributed by atoms with E-state index in [9.17, 15) is 57.5 Å². The van der Waals surface area contributed by atoms with Crippen molar-refractivity contribution in [2.24, 2.45) is 0 Å². The van der Waals surface area contributed by atoms with Gasteiger partial charge in [-0.2, -0.15) is 48.3 Å². The molecule has 0 aromatic rings. The summed E-state index contributed by atoms with van der Waals surface area (Å²) in [5.41, 5.74) is -5.57. The van der Waals surface area contributed by atoms with Crippen molar-refractivity contribution in [1.82, 2.24) is 0 Å². The van der Waals surface area contributed by atoms with Gasteiger partial charge in [-0.3, -0.25) is 0 Å². The fraction of sp³-hybridized carbons (Fsp3) is 0.875. The van der Waals surface area contributed by atoms with Crippen LogP contribution in [0.3, 0.4) is 0 Å².